The number of amides is 1. The Morgan fingerprint density at radius 1 is 1.10 bits per heavy atom. The number of halogens is 2. The number of rotatable bonds is 5. The van der Waals surface area contributed by atoms with Crippen molar-refractivity contribution < 1.29 is 4.79 Å². The highest BCUT2D eigenvalue weighted by Gasteiger charge is 2.05. The van der Waals surface area contributed by atoms with Crippen LogP contribution in [0, 0.1) is 6.92 Å². The lowest BCUT2D eigenvalue weighted by atomic mass is 10.2. The predicted molar refractivity (Wildman–Crippen MR) is 89.4 cm³/mol. The summed E-state index contributed by atoms with van der Waals surface area (Å²) in [6.45, 7) is 2.44. The van der Waals surface area contributed by atoms with Crippen LogP contribution in [0.25, 0.3) is 0 Å². The molecular weight excluding hydrogens is 307 g/mol. The first-order valence-electron chi connectivity index (χ1n) is 6.60. The van der Waals surface area contributed by atoms with Gasteiger partial charge >= 0.3 is 0 Å². The Kier molecular flexibility index (Phi) is 5.48. The number of hydrogen-bond acceptors (Lipinski definition) is 2. The van der Waals surface area contributed by atoms with Gasteiger partial charge in [0.25, 0.3) is 0 Å². The molecular formula is C16H16Cl2N2O. The van der Waals surface area contributed by atoms with E-state index in [4.69, 9.17) is 23.2 Å². The summed E-state index contributed by atoms with van der Waals surface area (Å²) in [6.07, 6.45) is 0.344. The van der Waals surface area contributed by atoms with Gasteiger partial charge in [-0.2, -0.15) is 0 Å². The highest BCUT2D eigenvalue weighted by atomic mass is 35.5. The Hall–Kier alpha value is -1.71. The van der Waals surface area contributed by atoms with Gasteiger partial charge in [0.1, 0.15) is 0 Å². The fourth-order valence-electron chi connectivity index (χ4n) is 1.87. The summed E-state index contributed by atoms with van der Waals surface area (Å²) in [7, 11) is 0. The van der Waals surface area contributed by atoms with Crippen molar-refractivity contribution in [2.24, 2.45) is 0 Å². The van der Waals surface area contributed by atoms with E-state index in [0.717, 1.165) is 16.9 Å². The lowest BCUT2D eigenvalue weighted by molar-refractivity contribution is -0.115. The Balaban J connectivity index is 1.85. The largest absolute Gasteiger partial charge is 0.383 e. The summed E-state index contributed by atoms with van der Waals surface area (Å²) >= 11 is 11.9. The van der Waals surface area contributed by atoms with Crippen LogP contribution in [0.5, 0.6) is 0 Å². The second-order valence-electron chi connectivity index (χ2n) is 4.66. The number of hydrogen-bond donors (Lipinski definition) is 2. The lowest BCUT2D eigenvalue weighted by Crippen LogP contribution is -2.16. The third-order valence-corrected chi connectivity index (χ3v) is 3.58. The fourth-order valence-corrected chi connectivity index (χ4v) is 2.23. The molecule has 0 spiro atoms. The third-order valence-electron chi connectivity index (χ3n) is 3.02. The van der Waals surface area contributed by atoms with Crippen LogP contribution in [0.1, 0.15) is 12.0 Å². The second kappa shape index (κ2) is 7.34. The number of benzene rings is 2. The van der Waals surface area contributed by atoms with Crippen LogP contribution in [0.3, 0.4) is 0 Å². The van der Waals surface area contributed by atoms with E-state index in [1.165, 1.54) is 0 Å². The molecule has 0 saturated carbocycles. The first kappa shape index (κ1) is 15.7. The van der Waals surface area contributed by atoms with Gasteiger partial charge in [-0.25, -0.2) is 0 Å². The monoisotopic (exact) mass is 322 g/mol. The second-order valence-corrected chi connectivity index (χ2v) is 5.51. The molecule has 0 bridgehead atoms. The zero-order valence-electron chi connectivity index (χ0n) is 11.6. The van der Waals surface area contributed by atoms with Crippen molar-refractivity contribution in [1.82, 2.24) is 0 Å². The molecule has 2 N–H and O–H groups in total. The molecule has 0 saturated heterocycles. The predicted octanol–water partition coefficient (Wildman–Crippen LogP) is 4.74. The van der Waals surface area contributed by atoms with Crippen molar-refractivity contribution in [3.8, 4) is 0 Å². The first-order chi connectivity index (χ1) is 10.1. The standard InChI is InChI=1S/C16H16Cl2N2O/c1-11-4-2-3-5-14(11)20-16(21)8-9-19-15-10-12(17)6-7-13(15)18/h2-7,10,19H,8-9H2,1H3,(H,20,21). The third kappa shape index (κ3) is 4.66. The minimum absolute atomic E-state index is 0.0463. The van der Waals surface area contributed by atoms with Gasteiger partial charge in [-0.1, -0.05) is 41.4 Å². The van der Waals surface area contributed by atoms with Crippen molar-refractivity contribution in [1.29, 1.82) is 0 Å². The molecule has 0 aromatic heterocycles. The zero-order valence-corrected chi connectivity index (χ0v) is 13.1. The van der Waals surface area contributed by atoms with Crippen LogP contribution < -0.4 is 10.6 Å². The minimum atomic E-state index is -0.0463. The maximum atomic E-state index is 11.9. The highest BCUT2D eigenvalue weighted by molar-refractivity contribution is 6.35. The van der Waals surface area contributed by atoms with Crippen molar-refractivity contribution in [3.63, 3.8) is 0 Å². The van der Waals surface area contributed by atoms with E-state index in [0.29, 0.717) is 23.0 Å². The van der Waals surface area contributed by atoms with E-state index >= 15 is 0 Å². The van der Waals surface area contributed by atoms with E-state index in [-0.39, 0.29) is 5.91 Å². The Labute approximate surface area is 134 Å². The van der Waals surface area contributed by atoms with Crippen molar-refractivity contribution in [2.45, 2.75) is 13.3 Å². The molecule has 0 heterocycles. The number of carbonyl (C=O) groups excluding carboxylic acids is 1. The number of carbonyl (C=O) groups is 1. The SMILES string of the molecule is Cc1ccccc1NC(=O)CCNc1cc(Cl)ccc1Cl. The number of para-hydroxylation sites is 1. The number of nitrogens with one attached hydrogen (secondary N) is 2. The number of anilines is 2. The molecule has 3 nitrogen and oxygen atoms in total. The molecule has 2 rings (SSSR count). The van der Waals surface area contributed by atoms with Gasteiger partial charge in [-0.15, -0.1) is 0 Å². The quantitative estimate of drug-likeness (QED) is 0.834. The summed E-state index contributed by atoms with van der Waals surface area (Å²) in [5, 5.41) is 7.18. The molecule has 0 radical (unpaired) electrons. The van der Waals surface area contributed by atoms with Crippen LogP contribution in [0.2, 0.25) is 10.0 Å². The van der Waals surface area contributed by atoms with Crippen molar-refractivity contribution in [2.75, 3.05) is 17.2 Å². The van der Waals surface area contributed by atoms with E-state index < -0.39 is 0 Å². The van der Waals surface area contributed by atoms with Crippen molar-refractivity contribution in [3.05, 3.63) is 58.1 Å². The highest BCUT2D eigenvalue weighted by Crippen LogP contribution is 2.25. The van der Waals surface area contributed by atoms with E-state index in [9.17, 15) is 4.79 Å². The van der Waals surface area contributed by atoms with Gasteiger partial charge < -0.3 is 10.6 Å². The van der Waals surface area contributed by atoms with Gasteiger partial charge in [0.05, 0.1) is 10.7 Å². The van der Waals surface area contributed by atoms with Crippen molar-refractivity contribution >= 4 is 40.5 Å². The van der Waals surface area contributed by atoms with Crippen LogP contribution >= 0.6 is 23.2 Å². The minimum Gasteiger partial charge on any atom is -0.383 e. The van der Waals surface area contributed by atoms with Gasteiger partial charge in [-0.3, -0.25) is 4.79 Å². The summed E-state index contributed by atoms with van der Waals surface area (Å²) in [5.74, 6) is -0.0463. The van der Waals surface area contributed by atoms with Crippen LogP contribution in [-0.2, 0) is 4.79 Å². The molecule has 0 aliphatic rings. The average Bonchev–Trinajstić information content (AvgIpc) is 2.45. The molecule has 0 atom stereocenters. The maximum Gasteiger partial charge on any atom is 0.226 e. The maximum absolute atomic E-state index is 11.9. The van der Waals surface area contributed by atoms with Crippen LogP contribution in [-0.4, -0.2) is 12.5 Å². The first-order valence-corrected chi connectivity index (χ1v) is 7.36. The molecule has 2 aromatic carbocycles. The summed E-state index contributed by atoms with van der Waals surface area (Å²) in [5.41, 5.74) is 2.60. The molecule has 110 valence electrons. The molecule has 1 amide bonds. The smallest absolute Gasteiger partial charge is 0.226 e. The molecule has 0 aliphatic carbocycles. The zero-order chi connectivity index (χ0) is 15.2. The molecule has 0 fully saturated rings. The Bertz CT molecular complexity index is 644. The molecule has 0 aliphatic heterocycles. The summed E-state index contributed by atoms with van der Waals surface area (Å²) < 4.78 is 0. The lowest BCUT2D eigenvalue weighted by Gasteiger charge is -2.10. The van der Waals surface area contributed by atoms with Gasteiger partial charge in [0, 0.05) is 23.7 Å². The molecule has 21 heavy (non-hydrogen) atoms. The van der Waals surface area contributed by atoms with E-state index in [1.807, 2.05) is 31.2 Å². The summed E-state index contributed by atoms with van der Waals surface area (Å²) in [6, 6.07) is 12.9. The molecule has 2 aromatic rings. The van der Waals surface area contributed by atoms with Crippen LogP contribution in [0.4, 0.5) is 11.4 Å². The molecule has 5 heteroatoms. The van der Waals surface area contributed by atoms with E-state index in [1.54, 1.807) is 18.2 Å². The fraction of sp³-hybridized carbons (Fsp3) is 0.188. The van der Waals surface area contributed by atoms with E-state index in [2.05, 4.69) is 10.6 Å². The Morgan fingerprint density at radius 2 is 1.86 bits per heavy atom. The number of aryl methyl sites for hydroxylation is 1. The molecule has 0 unspecified atom stereocenters. The van der Waals surface area contributed by atoms with Gasteiger partial charge in [-0.05, 0) is 36.8 Å². The van der Waals surface area contributed by atoms with Crippen LogP contribution in [0.15, 0.2) is 42.5 Å². The summed E-state index contributed by atoms with van der Waals surface area (Å²) in [4.78, 5) is 11.9. The normalized spacial score (nSPS) is 10.2. The average molecular weight is 323 g/mol. The topological polar surface area (TPSA) is 41.1 Å². The van der Waals surface area contributed by atoms with Gasteiger partial charge in [0.2, 0.25) is 5.91 Å². The van der Waals surface area contributed by atoms with Gasteiger partial charge in [0.15, 0.2) is 0 Å². The Morgan fingerprint density at radius 3 is 2.62 bits per heavy atom.